The Balaban J connectivity index is 1.81. The first-order chi connectivity index (χ1) is 33.2. The molecule has 2 N–H and O–H groups in total. The van der Waals surface area contributed by atoms with Gasteiger partial charge in [0.25, 0.3) is 11.8 Å². The molecule has 0 aromatic heterocycles. The lowest BCUT2D eigenvalue weighted by atomic mass is 9.87. The number of ether oxygens (including phenoxy) is 6. The van der Waals surface area contributed by atoms with Crippen LogP contribution in [0.1, 0.15) is 126 Å². The number of rotatable bonds is 8. The third-order valence-corrected chi connectivity index (χ3v) is 15.6. The normalized spacial score (nSPS) is 15.0. The zero-order chi connectivity index (χ0) is 52.1. The number of nitrogens with one attached hydrogen (secondary N) is 2. The Kier molecular flexibility index (Phi) is 18.1. The van der Waals surface area contributed by atoms with E-state index in [4.69, 9.17) is 28.4 Å². The standard InChI is InChI=1S/C55H70N2O10S4/c1-15-62-46(60)30-66-50-40-24-34(54(9,10)11)26-42(50)71-43-27-35(55(12,13)14)25-41(51(43)67-31-47(61)63-16-2)70-39-23-33(53(6,7)8)21-37-49(39)65-29-45(59)57-19-17-18-56-44(58)28-64-48-36(68-37)20-32(52(3,4)5)22-38(48)69-40/h20-27H,15-19,28-31H2,1-14H3,(H,56,58)(H,57,59). The van der Waals surface area contributed by atoms with Crippen LogP contribution in [-0.4, -0.2) is 76.5 Å². The third kappa shape index (κ3) is 14.8. The van der Waals surface area contributed by atoms with Crippen LogP contribution in [0.2, 0.25) is 0 Å². The minimum absolute atomic E-state index is 0.184. The van der Waals surface area contributed by atoms with Gasteiger partial charge in [-0.1, -0.05) is 130 Å². The number of carbonyl (C=O) groups excluding carboxylic acids is 4. The summed E-state index contributed by atoms with van der Waals surface area (Å²) in [5.41, 5.74) is 2.55. The van der Waals surface area contributed by atoms with Crippen molar-refractivity contribution in [3.8, 4) is 23.0 Å². The van der Waals surface area contributed by atoms with Crippen LogP contribution in [0, 0.1) is 0 Å². The highest BCUT2D eigenvalue weighted by Gasteiger charge is 2.31. The summed E-state index contributed by atoms with van der Waals surface area (Å²) in [5, 5.41) is 5.89. The van der Waals surface area contributed by atoms with E-state index in [1.165, 1.54) is 47.0 Å². The second-order valence-electron chi connectivity index (χ2n) is 21.4. The Morgan fingerprint density at radius 3 is 1.03 bits per heavy atom. The molecular formula is C55H70N2O10S4. The van der Waals surface area contributed by atoms with Gasteiger partial charge in [0.2, 0.25) is 0 Å². The Bertz CT molecular complexity index is 2460. The van der Waals surface area contributed by atoms with Crippen LogP contribution >= 0.6 is 47.0 Å². The molecule has 4 aromatic carbocycles. The molecule has 0 radical (unpaired) electrons. The fourth-order valence-electron chi connectivity index (χ4n) is 7.28. The van der Waals surface area contributed by atoms with Gasteiger partial charge in [0.05, 0.1) is 52.4 Å². The van der Waals surface area contributed by atoms with Gasteiger partial charge in [-0.3, -0.25) is 9.59 Å². The molecule has 384 valence electrons. The lowest BCUT2D eigenvalue weighted by Crippen LogP contribution is -2.34. The zero-order valence-corrected chi connectivity index (χ0v) is 47.0. The molecule has 16 heteroatoms. The zero-order valence-electron chi connectivity index (χ0n) is 43.7. The van der Waals surface area contributed by atoms with Crippen molar-refractivity contribution in [3.05, 3.63) is 70.8 Å². The molecule has 71 heavy (non-hydrogen) atoms. The first-order valence-electron chi connectivity index (χ1n) is 24.1. The van der Waals surface area contributed by atoms with Gasteiger partial charge >= 0.3 is 11.9 Å². The number of hydrogen-bond donors (Lipinski definition) is 2. The Morgan fingerprint density at radius 1 is 0.479 bits per heavy atom. The minimum Gasteiger partial charge on any atom is -0.481 e. The molecule has 0 spiro atoms. The molecule has 0 saturated carbocycles. The van der Waals surface area contributed by atoms with Crippen molar-refractivity contribution in [3.63, 3.8) is 0 Å². The van der Waals surface area contributed by atoms with Crippen LogP contribution in [0.25, 0.3) is 0 Å². The fraction of sp³-hybridized carbons (Fsp3) is 0.491. The predicted octanol–water partition coefficient (Wildman–Crippen LogP) is 12.1. The Morgan fingerprint density at radius 2 is 0.746 bits per heavy atom. The van der Waals surface area contributed by atoms with E-state index in [2.05, 4.69) is 142 Å². The monoisotopic (exact) mass is 1050 g/mol. The van der Waals surface area contributed by atoms with Crippen LogP contribution < -0.4 is 29.6 Å². The van der Waals surface area contributed by atoms with Crippen LogP contribution in [-0.2, 0) is 50.3 Å². The molecule has 0 unspecified atom stereocenters. The average Bonchev–Trinajstić information content (AvgIpc) is 3.25. The molecular weight excluding hydrogens is 977 g/mol. The highest BCUT2D eigenvalue weighted by molar-refractivity contribution is 8.01. The van der Waals surface area contributed by atoms with Crippen molar-refractivity contribution in [2.75, 3.05) is 52.7 Å². The summed E-state index contributed by atoms with van der Waals surface area (Å²) in [5.74, 6) is 0.151. The summed E-state index contributed by atoms with van der Waals surface area (Å²) in [6.45, 7) is 29.0. The molecule has 2 aliphatic heterocycles. The highest BCUT2D eigenvalue weighted by atomic mass is 32.2. The minimum atomic E-state index is -0.525. The Hall–Kier alpha value is -4.64. The maximum Gasteiger partial charge on any atom is 0.344 e. The Labute approximate surface area is 437 Å². The van der Waals surface area contributed by atoms with Gasteiger partial charge in [0.15, 0.2) is 26.4 Å². The first kappa shape index (κ1) is 55.7. The molecule has 2 aliphatic rings. The van der Waals surface area contributed by atoms with Crippen molar-refractivity contribution in [2.45, 2.75) is 164 Å². The van der Waals surface area contributed by atoms with Gasteiger partial charge in [-0.05, 0) is 113 Å². The molecule has 0 saturated heterocycles. The molecule has 0 fully saturated rings. The number of fused-ring (bicyclic) bond motifs is 4. The smallest absolute Gasteiger partial charge is 0.344 e. The summed E-state index contributed by atoms with van der Waals surface area (Å²) >= 11 is 5.70. The number of hydrogen-bond acceptors (Lipinski definition) is 14. The predicted molar refractivity (Wildman–Crippen MR) is 283 cm³/mol. The van der Waals surface area contributed by atoms with Gasteiger partial charge < -0.3 is 39.1 Å². The van der Waals surface area contributed by atoms with Crippen molar-refractivity contribution in [1.82, 2.24) is 10.6 Å². The third-order valence-electron chi connectivity index (χ3n) is 11.4. The van der Waals surface area contributed by atoms with Gasteiger partial charge in [-0.2, -0.15) is 0 Å². The number of benzene rings is 4. The highest BCUT2D eigenvalue weighted by Crippen LogP contribution is 2.56. The summed E-state index contributed by atoms with van der Waals surface area (Å²) < 4.78 is 37.5. The van der Waals surface area contributed by atoms with Gasteiger partial charge in [0.1, 0.15) is 23.0 Å². The number of esters is 2. The van der Waals surface area contributed by atoms with Gasteiger partial charge in [-0.25, -0.2) is 9.59 Å². The summed E-state index contributed by atoms with van der Waals surface area (Å²) in [6.07, 6.45) is 0.493. The molecule has 2 amide bonds. The van der Waals surface area contributed by atoms with E-state index < -0.39 is 11.9 Å². The van der Waals surface area contributed by atoms with Crippen LogP contribution in [0.3, 0.4) is 0 Å². The second kappa shape index (κ2) is 23.1. The molecule has 4 aromatic rings. The maximum atomic E-state index is 13.6. The number of amides is 2. The molecule has 12 nitrogen and oxygen atoms in total. The molecule has 10 bridgehead atoms. The summed E-state index contributed by atoms with van der Waals surface area (Å²) in [6, 6.07) is 16.8. The van der Waals surface area contributed by atoms with E-state index in [1.807, 2.05) is 0 Å². The second-order valence-corrected chi connectivity index (χ2v) is 25.8. The van der Waals surface area contributed by atoms with Gasteiger partial charge in [0, 0.05) is 13.1 Å². The molecule has 0 atom stereocenters. The summed E-state index contributed by atoms with van der Waals surface area (Å²) in [4.78, 5) is 59.1. The van der Waals surface area contributed by atoms with E-state index in [-0.39, 0.29) is 73.1 Å². The van der Waals surface area contributed by atoms with E-state index >= 15 is 0 Å². The van der Waals surface area contributed by atoms with E-state index in [0.717, 1.165) is 22.3 Å². The first-order valence-corrected chi connectivity index (χ1v) is 27.3. The summed E-state index contributed by atoms with van der Waals surface area (Å²) in [7, 11) is 0. The van der Waals surface area contributed by atoms with Crippen molar-refractivity contribution in [1.29, 1.82) is 0 Å². The van der Waals surface area contributed by atoms with Crippen molar-refractivity contribution >= 4 is 70.8 Å². The SMILES string of the molecule is CCOC(=O)COc1c2cc(C(C)(C)C)cc1Sc1cc(C(C)(C)C)cc(c1OCC(=O)OCC)Sc1cc(C(C)(C)C)cc3c1OCC(=O)NCCCNC(=O)COc1c(cc(C(C)(C)C)cc1S2)S3. The lowest BCUT2D eigenvalue weighted by molar-refractivity contribution is -0.146. The van der Waals surface area contributed by atoms with E-state index in [0.29, 0.717) is 81.7 Å². The average molecular weight is 1050 g/mol. The largest absolute Gasteiger partial charge is 0.481 e. The van der Waals surface area contributed by atoms with E-state index in [1.54, 1.807) is 13.8 Å². The fourth-order valence-corrected chi connectivity index (χ4v) is 12.1. The van der Waals surface area contributed by atoms with E-state index in [9.17, 15) is 19.2 Å². The quantitative estimate of drug-likeness (QED) is 0.142. The topological polar surface area (TPSA) is 148 Å². The number of carbonyl (C=O) groups is 4. The van der Waals surface area contributed by atoms with Crippen LogP contribution in [0.15, 0.2) is 87.7 Å². The van der Waals surface area contributed by atoms with Crippen molar-refractivity contribution < 1.29 is 47.6 Å². The lowest BCUT2D eigenvalue weighted by Gasteiger charge is -2.28. The molecule has 2 heterocycles. The van der Waals surface area contributed by atoms with Crippen LogP contribution in [0.4, 0.5) is 0 Å². The van der Waals surface area contributed by atoms with Gasteiger partial charge in [-0.15, -0.1) is 0 Å². The van der Waals surface area contributed by atoms with Crippen LogP contribution in [0.5, 0.6) is 23.0 Å². The maximum absolute atomic E-state index is 13.6. The molecule has 0 aliphatic carbocycles. The van der Waals surface area contributed by atoms with Crippen molar-refractivity contribution in [2.24, 2.45) is 0 Å². The molecule has 6 rings (SSSR count).